The van der Waals surface area contributed by atoms with E-state index >= 15 is 0 Å². The Labute approximate surface area is 117 Å². The van der Waals surface area contributed by atoms with Crippen molar-refractivity contribution in [1.82, 2.24) is 0 Å². The van der Waals surface area contributed by atoms with E-state index in [0.29, 0.717) is 5.75 Å². The third-order valence-corrected chi connectivity index (χ3v) is 4.95. The number of hydrogen-bond donors (Lipinski definition) is 0. The molecule has 1 aromatic carbocycles. The average molecular weight is 284 g/mol. The summed E-state index contributed by atoms with van der Waals surface area (Å²) >= 11 is 6.32. The zero-order valence-corrected chi connectivity index (χ0v) is 11.9. The van der Waals surface area contributed by atoms with Crippen molar-refractivity contribution in [3.05, 3.63) is 34.4 Å². The summed E-state index contributed by atoms with van der Waals surface area (Å²) in [7, 11) is 0. The van der Waals surface area contributed by atoms with Gasteiger partial charge in [-0.1, -0.05) is 26.0 Å². The molecule has 0 amide bonds. The van der Waals surface area contributed by atoms with E-state index in [0.717, 1.165) is 19.3 Å². The summed E-state index contributed by atoms with van der Waals surface area (Å²) in [4.78, 5) is 10.6. The van der Waals surface area contributed by atoms with Gasteiger partial charge in [-0.05, 0) is 18.9 Å². The Morgan fingerprint density at radius 3 is 2.58 bits per heavy atom. The van der Waals surface area contributed by atoms with Crippen molar-refractivity contribution in [2.45, 2.75) is 44.6 Å². The number of benzene rings is 1. The molecule has 2 unspecified atom stereocenters. The van der Waals surface area contributed by atoms with Gasteiger partial charge in [0, 0.05) is 23.3 Å². The zero-order chi connectivity index (χ0) is 14.0. The number of nitrogens with zero attached hydrogens (tertiary/aromatic N) is 1. The van der Waals surface area contributed by atoms with E-state index in [1.54, 1.807) is 18.2 Å². The first-order valence-electron chi connectivity index (χ1n) is 6.59. The highest BCUT2D eigenvalue weighted by molar-refractivity contribution is 6.21. The summed E-state index contributed by atoms with van der Waals surface area (Å²) in [6.07, 6.45) is 2.55. The molecule has 1 saturated carbocycles. The molecular weight excluding hydrogens is 266 g/mol. The van der Waals surface area contributed by atoms with Crippen molar-refractivity contribution in [2.75, 3.05) is 0 Å². The molecule has 2 rings (SSSR count). The Hall–Kier alpha value is -1.29. The molecule has 19 heavy (non-hydrogen) atoms. The molecule has 0 bridgehead atoms. The quantitative estimate of drug-likeness (QED) is 0.463. The van der Waals surface area contributed by atoms with E-state index in [1.165, 1.54) is 6.07 Å². The minimum absolute atomic E-state index is 0.0154. The van der Waals surface area contributed by atoms with Gasteiger partial charge in [-0.25, -0.2) is 0 Å². The molecule has 104 valence electrons. The fourth-order valence-corrected chi connectivity index (χ4v) is 3.48. The number of hydrogen-bond acceptors (Lipinski definition) is 3. The lowest BCUT2D eigenvalue weighted by molar-refractivity contribution is -0.386. The molecule has 0 radical (unpaired) electrons. The summed E-state index contributed by atoms with van der Waals surface area (Å²) in [5.41, 5.74) is -0.0488. The van der Waals surface area contributed by atoms with Crippen LogP contribution in [0.1, 0.15) is 33.1 Å². The lowest BCUT2D eigenvalue weighted by atomic mass is 9.62. The molecule has 1 aromatic rings. The highest BCUT2D eigenvalue weighted by Crippen LogP contribution is 2.52. The van der Waals surface area contributed by atoms with Gasteiger partial charge in [0.1, 0.15) is 6.10 Å². The summed E-state index contributed by atoms with van der Waals surface area (Å²) in [6.45, 7) is 4.18. The summed E-state index contributed by atoms with van der Waals surface area (Å²) in [5, 5.41) is 11.1. The smallest absolute Gasteiger partial charge is 0.310 e. The van der Waals surface area contributed by atoms with Gasteiger partial charge in [0.25, 0.3) is 0 Å². The fraction of sp³-hybridized carbons (Fsp3) is 0.571. The van der Waals surface area contributed by atoms with Crippen LogP contribution in [0, 0.1) is 15.5 Å². The summed E-state index contributed by atoms with van der Waals surface area (Å²) in [6, 6.07) is 6.50. The predicted molar refractivity (Wildman–Crippen MR) is 74.8 cm³/mol. The SMILES string of the molecule is CCC1(CC)C(Cl)CC1Oc1ccccc1[N+](=O)[O-]. The van der Waals surface area contributed by atoms with Crippen LogP contribution < -0.4 is 4.74 Å². The van der Waals surface area contributed by atoms with Gasteiger partial charge >= 0.3 is 5.69 Å². The number of para-hydroxylation sites is 2. The van der Waals surface area contributed by atoms with Crippen LogP contribution in [0.5, 0.6) is 5.75 Å². The monoisotopic (exact) mass is 283 g/mol. The molecule has 0 heterocycles. The Balaban J connectivity index is 2.21. The van der Waals surface area contributed by atoms with Gasteiger partial charge in [0.05, 0.1) is 4.92 Å². The van der Waals surface area contributed by atoms with Crippen LogP contribution in [-0.2, 0) is 0 Å². The van der Waals surface area contributed by atoms with Gasteiger partial charge in [-0.3, -0.25) is 10.1 Å². The molecule has 0 aliphatic heterocycles. The predicted octanol–water partition coefficient (Wildman–Crippen LogP) is 4.16. The first-order valence-corrected chi connectivity index (χ1v) is 7.03. The van der Waals surface area contributed by atoms with Crippen LogP contribution in [0.4, 0.5) is 5.69 Å². The standard InChI is InChI=1S/C14H18ClNO3/c1-3-14(4-2)12(15)9-13(14)19-11-8-6-5-7-10(11)16(17)18/h5-8,12-13H,3-4,9H2,1-2H3. The molecule has 4 nitrogen and oxygen atoms in total. The second kappa shape index (κ2) is 5.37. The van der Waals surface area contributed by atoms with Crippen LogP contribution in [-0.4, -0.2) is 16.4 Å². The molecule has 0 spiro atoms. The first kappa shape index (κ1) is 14.1. The third kappa shape index (κ3) is 2.29. The lowest BCUT2D eigenvalue weighted by Gasteiger charge is -2.52. The van der Waals surface area contributed by atoms with Crippen molar-refractivity contribution >= 4 is 17.3 Å². The maximum absolute atomic E-state index is 11.0. The zero-order valence-electron chi connectivity index (χ0n) is 11.1. The Kier molecular flexibility index (Phi) is 3.99. The molecule has 0 aromatic heterocycles. The Morgan fingerprint density at radius 1 is 1.42 bits per heavy atom. The summed E-state index contributed by atoms with van der Waals surface area (Å²) < 4.78 is 5.88. The number of ether oxygens (including phenoxy) is 1. The van der Waals surface area contributed by atoms with Crippen LogP contribution in [0.15, 0.2) is 24.3 Å². The largest absolute Gasteiger partial charge is 0.483 e. The Morgan fingerprint density at radius 2 is 2.05 bits per heavy atom. The third-order valence-electron chi connectivity index (χ3n) is 4.33. The van der Waals surface area contributed by atoms with Crippen molar-refractivity contribution in [1.29, 1.82) is 0 Å². The number of alkyl halides is 1. The molecular formula is C14H18ClNO3. The maximum atomic E-state index is 11.0. The number of halogens is 1. The molecule has 0 saturated heterocycles. The second-order valence-corrected chi connectivity index (χ2v) is 5.50. The molecule has 1 fully saturated rings. The molecule has 1 aliphatic carbocycles. The average Bonchev–Trinajstić information content (AvgIpc) is 2.40. The van der Waals surface area contributed by atoms with Crippen molar-refractivity contribution < 1.29 is 9.66 Å². The van der Waals surface area contributed by atoms with Crippen molar-refractivity contribution in [2.24, 2.45) is 5.41 Å². The van der Waals surface area contributed by atoms with Gasteiger partial charge in [0.2, 0.25) is 0 Å². The normalized spacial score (nSPS) is 24.6. The van der Waals surface area contributed by atoms with Gasteiger partial charge in [-0.2, -0.15) is 0 Å². The first-order chi connectivity index (χ1) is 9.05. The van der Waals surface area contributed by atoms with Crippen LogP contribution in [0.2, 0.25) is 0 Å². The van der Waals surface area contributed by atoms with Crippen molar-refractivity contribution in [3.63, 3.8) is 0 Å². The maximum Gasteiger partial charge on any atom is 0.310 e. The number of rotatable bonds is 5. The van der Waals surface area contributed by atoms with Gasteiger partial charge in [0.15, 0.2) is 5.75 Å². The topological polar surface area (TPSA) is 52.4 Å². The van der Waals surface area contributed by atoms with Gasteiger partial charge < -0.3 is 4.74 Å². The minimum atomic E-state index is -0.411. The summed E-state index contributed by atoms with van der Waals surface area (Å²) in [5.74, 6) is 0.340. The van der Waals surface area contributed by atoms with E-state index in [-0.39, 0.29) is 22.6 Å². The Bertz CT molecular complexity index is 474. The second-order valence-electron chi connectivity index (χ2n) is 4.97. The highest BCUT2D eigenvalue weighted by Gasteiger charge is 2.53. The number of nitro groups is 1. The molecule has 2 atom stereocenters. The minimum Gasteiger partial charge on any atom is -0.483 e. The fourth-order valence-electron chi connectivity index (χ4n) is 2.87. The van der Waals surface area contributed by atoms with Crippen LogP contribution >= 0.6 is 11.6 Å². The van der Waals surface area contributed by atoms with Crippen LogP contribution in [0.3, 0.4) is 0 Å². The van der Waals surface area contributed by atoms with E-state index in [1.807, 2.05) is 0 Å². The molecule has 0 N–H and O–H groups in total. The number of nitro benzene ring substituents is 1. The highest BCUT2D eigenvalue weighted by atomic mass is 35.5. The van der Waals surface area contributed by atoms with Gasteiger partial charge in [-0.15, -0.1) is 11.6 Å². The lowest BCUT2D eigenvalue weighted by Crippen LogP contribution is -2.56. The van der Waals surface area contributed by atoms with E-state index in [9.17, 15) is 10.1 Å². The van der Waals surface area contributed by atoms with E-state index in [4.69, 9.17) is 16.3 Å². The van der Waals surface area contributed by atoms with E-state index < -0.39 is 4.92 Å². The van der Waals surface area contributed by atoms with Crippen LogP contribution in [0.25, 0.3) is 0 Å². The molecule has 5 heteroatoms. The molecule has 1 aliphatic rings. The van der Waals surface area contributed by atoms with Crippen molar-refractivity contribution in [3.8, 4) is 5.75 Å². The van der Waals surface area contributed by atoms with E-state index in [2.05, 4.69) is 13.8 Å².